The van der Waals surface area contributed by atoms with Crippen molar-refractivity contribution in [2.45, 2.75) is 6.92 Å². The van der Waals surface area contributed by atoms with Crippen LogP contribution >= 0.6 is 0 Å². The normalized spacial score (nSPS) is 10.4. The lowest BCUT2D eigenvalue weighted by Gasteiger charge is -2.05. The lowest BCUT2D eigenvalue weighted by molar-refractivity contribution is 0.0685. The fraction of sp³-hybridized carbons (Fsp3) is 0.0769. The van der Waals surface area contributed by atoms with E-state index in [9.17, 15) is 9.59 Å². The number of benzene rings is 2. The molecular weight excluding hydrogens is 220 g/mol. The molecule has 0 aliphatic heterocycles. The Morgan fingerprint density at radius 1 is 0.941 bits per heavy atom. The van der Waals surface area contributed by atoms with Gasteiger partial charge >= 0.3 is 11.9 Å². The van der Waals surface area contributed by atoms with Gasteiger partial charge in [0.25, 0.3) is 0 Å². The van der Waals surface area contributed by atoms with Gasteiger partial charge in [-0.1, -0.05) is 12.1 Å². The summed E-state index contributed by atoms with van der Waals surface area (Å²) < 4.78 is 0. The predicted molar refractivity (Wildman–Crippen MR) is 62.6 cm³/mol. The van der Waals surface area contributed by atoms with Crippen LogP contribution in [0.4, 0.5) is 0 Å². The smallest absolute Gasteiger partial charge is 0.335 e. The van der Waals surface area contributed by atoms with Crippen molar-refractivity contribution in [3.05, 3.63) is 47.0 Å². The van der Waals surface area contributed by atoms with E-state index in [1.165, 1.54) is 12.1 Å². The molecule has 4 heteroatoms. The molecule has 0 saturated carbocycles. The van der Waals surface area contributed by atoms with Crippen molar-refractivity contribution < 1.29 is 19.8 Å². The van der Waals surface area contributed by atoms with Crippen LogP contribution < -0.4 is 0 Å². The quantitative estimate of drug-likeness (QED) is 0.831. The van der Waals surface area contributed by atoms with Crippen molar-refractivity contribution in [3.63, 3.8) is 0 Å². The van der Waals surface area contributed by atoms with Crippen LogP contribution in [0.1, 0.15) is 26.3 Å². The third-order valence-electron chi connectivity index (χ3n) is 2.66. The number of carboxylic acid groups (broad SMARTS) is 2. The third kappa shape index (κ3) is 1.97. The highest BCUT2D eigenvalue weighted by atomic mass is 16.4. The Balaban J connectivity index is 2.70. The van der Waals surface area contributed by atoms with E-state index in [4.69, 9.17) is 10.2 Å². The van der Waals surface area contributed by atoms with Crippen molar-refractivity contribution in [2.75, 3.05) is 0 Å². The number of hydrogen-bond donors (Lipinski definition) is 2. The molecular formula is C13H10O4. The maximum atomic E-state index is 10.9. The highest BCUT2D eigenvalue weighted by molar-refractivity contribution is 5.99. The lowest BCUT2D eigenvalue weighted by Crippen LogP contribution is -2.00. The summed E-state index contributed by atoms with van der Waals surface area (Å²) in [5.41, 5.74) is 1.05. The maximum Gasteiger partial charge on any atom is 0.335 e. The molecule has 2 aromatic carbocycles. The van der Waals surface area contributed by atoms with Crippen LogP contribution in [0, 0.1) is 6.92 Å². The molecule has 0 saturated heterocycles. The minimum absolute atomic E-state index is 0.194. The van der Waals surface area contributed by atoms with E-state index in [1.807, 2.05) is 0 Å². The van der Waals surface area contributed by atoms with E-state index in [1.54, 1.807) is 25.1 Å². The van der Waals surface area contributed by atoms with Crippen LogP contribution in [0.5, 0.6) is 0 Å². The van der Waals surface area contributed by atoms with Gasteiger partial charge < -0.3 is 10.2 Å². The van der Waals surface area contributed by atoms with Crippen LogP contribution in [-0.4, -0.2) is 22.2 Å². The van der Waals surface area contributed by atoms with Gasteiger partial charge in [0.2, 0.25) is 0 Å². The summed E-state index contributed by atoms with van der Waals surface area (Å²) in [4.78, 5) is 21.8. The molecule has 0 bridgehead atoms. The fourth-order valence-corrected chi connectivity index (χ4v) is 1.77. The number of carboxylic acids is 2. The van der Waals surface area contributed by atoms with Crippen LogP contribution in [0.3, 0.4) is 0 Å². The molecule has 0 aromatic heterocycles. The largest absolute Gasteiger partial charge is 0.478 e. The molecule has 0 spiro atoms. The average Bonchev–Trinajstić information content (AvgIpc) is 2.26. The van der Waals surface area contributed by atoms with Crippen LogP contribution in [0.2, 0.25) is 0 Å². The molecule has 0 unspecified atom stereocenters. The lowest BCUT2D eigenvalue weighted by atomic mass is 10.0. The molecule has 0 aliphatic carbocycles. The molecule has 0 atom stereocenters. The van der Waals surface area contributed by atoms with Gasteiger partial charge in [0.05, 0.1) is 11.1 Å². The van der Waals surface area contributed by atoms with Crippen molar-refractivity contribution in [2.24, 2.45) is 0 Å². The summed E-state index contributed by atoms with van der Waals surface area (Å²) in [7, 11) is 0. The molecule has 0 heterocycles. The topological polar surface area (TPSA) is 74.6 Å². The Bertz CT molecular complexity index is 629. The number of hydrogen-bond acceptors (Lipinski definition) is 2. The van der Waals surface area contributed by atoms with E-state index in [0.717, 1.165) is 10.8 Å². The van der Waals surface area contributed by atoms with E-state index in [2.05, 4.69) is 0 Å². The molecule has 2 N–H and O–H groups in total. The van der Waals surface area contributed by atoms with Crippen LogP contribution in [0.15, 0.2) is 30.3 Å². The molecule has 0 radical (unpaired) electrons. The Morgan fingerprint density at radius 3 is 2.24 bits per heavy atom. The molecule has 0 aliphatic rings. The second kappa shape index (κ2) is 3.90. The standard InChI is InChI=1S/C13H10O4/c1-7-4-10-5-9(12(14)15)3-2-8(10)6-11(7)13(16)17/h2-6H,1H3,(H,14,15)(H,16,17). The van der Waals surface area contributed by atoms with Gasteiger partial charge in [-0.15, -0.1) is 0 Å². The molecule has 0 fully saturated rings. The molecule has 0 amide bonds. The van der Waals surface area contributed by atoms with Gasteiger partial charge in [0.15, 0.2) is 0 Å². The Kier molecular flexibility index (Phi) is 2.55. The first-order valence-electron chi connectivity index (χ1n) is 5.00. The monoisotopic (exact) mass is 230 g/mol. The van der Waals surface area contributed by atoms with Gasteiger partial charge in [-0.3, -0.25) is 0 Å². The van der Waals surface area contributed by atoms with E-state index >= 15 is 0 Å². The van der Waals surface area contributed by atoms with Crippen molar-refractivity contribution in [3.8, 4) is 0 Å². The van der Waals surface area contributed by atoms with E-state index in [0.29, 0.717) is 5.56 Å². The minimum atomic E-state index is -0.994. The SMILES string of the molecule is Cc1cc2cc(C(=O)O)ccc2cc1C(=O)O. The molecule has 86 valence electrons. The number of carbonyl (C=O) groups is 2. The number of rotatable bonds is 2. The first-order chi connectivity index (χ1) is 7.99. The summed E-state index contributed by atoms with van der Waals surface area (Å²) in [5, 5.41) is 19.3. The summed E-state index contributed by atoms with van der Waals surface area (Å²) in [5.74, 6) is -1.97. The average molecular weight is 230 g/mol. The zero-order chi connectivity index (χ0) is 12.6. The van der Waals surface area contributed by atoms with Gasteiger partial charge in [-0.2, -0.15) is 0 Å². The predicted octanol–water partition coefficient (Wildman–Crippen LogP) is 2.54. The summed E-state index contributed by atoms with van der Waals surface area (Å²) >= 11 is 0. The summed E-state index contributed by atoms with van der Waals surface area (Å²) in [6, 6.07) is 7.86. The Labute approximate surface area is 97.1 Å². The number of fused-ring (bicyclic) bond motifs is 1. The fourth-order valence-electron chi connectivity index (χ4n) is 1.77. The highest BCUT2D eigenvalue weighted by Gasteiger charge is 2.10. The summed E-state index contributed by atoms with van der Waals surface area (Å²) in [6.07, 6.45) is 0. The number of aryl methyl sites for hydroxylation is 1. The summed E-state index contributed by atoms with van der Waals surface area (Å²) in [6.45, 7) is 1.69. The first-order valence-corrected chi connectivity index (χ1v) is 5.00. The van der Waals surface area contributed by atoms with E-state index < -0.39 is 11.9 Å². The van der Waals surface area contributed by atoms with E-state index in [-0.39, 0.29) is 11.1 Å². The van der Waals surface area contributed by atoms with Crippen molar-refractivity contribution in [1.29, 1.82) is 0 Å². The van der Waals surface area contributed by atoms with Gasteiger partial charge in [0.1, 0.15) is 0 Å². The van der Waals surface area contributed by atoms with Gasteiger partial charge in [0, 0.05) is 0 Å². The zero-order valence-electron chi connectivity index (χ0n) is 9.10. The second-order valence-corrected chi connectivity index (χ2v) is 3.84. The minimum Gasteiger partial charge on any atom is -0.478 e. The second-order valence-electron chi connectivity index (χ2n) is 3.84. The highest BCUT2D eigenvalue weighted by Crippen LogP contribution is 2.21. The molecule has 2 rings (SSSR count). The Hall–Kier alpha value is -2.36. The van der Waals surface area contributed by atoms with Crippen LogP contribution in [-0.2, 0) is 0 Å². The Morgan fingerprint density at radius 2 is 1.65 bits per heavy atom. The third-order valence-corrected chi connectivity index (χ3v) is 2.66. The number of aromatic carboxylic acids is 2. The van der Waals surface area contributed by atoms with Gasteiger partial charge in [-0.25, -0.2) is 9.59 Å². The van der Waals surface area contributed by atoms with Crippen molar-refractivity contribution >= 4 is 22.7 Å². The first kappa shape index (κ1) is 11.1. The molecule has 2 aromatic rings. The zero-order valence-corrected chi connectivity index (χ0v) is 9.10. The van der Waals surface area contributed by atoms with Crippen molar-refractivity contribution in [1.82, 2.24) is 0 Å². The maximum absolute atomic E-state index is 10.9. The molecule has 4 nitrogen and oxygen atoms in total. The van der Waals surface area contributed by atoms with Crippen LogP contribution in [0.25, 0.3) is 10.8 Å². The van der Waals surface area contributed by atoms with Gasteiger partial charge in [-0.05, 0) is 41.5 Å². The molecule has 17 heavy (non-hydrogen) atoms.